The van der Waals surface area contributed by atoms with E-state index in [0.29, 0.717) is 22.7 Å². The third-order valence-corrected chi connectivity index (χ3v) is 4.92. The van der Waals surface area contributed by atoms with Crippen LogP contribution in [0.3, 0.4) is 0 Å². The Hall–Kier alpha value is -3.67. The van der Waals surface area contributed by atoms with E-state index in [9.17, 15) is 14.0 Å². The standard InChI is InChI=1S/C24H21FN2O3/c1-24(2)23(29)27(15-16-8-11-18(25)12-9-16)20-14-17(10-13-21(20)30-24)22(28)26-19-6-4-3-5-7-19/h3-14H,15H2,1-2H3,(H,26,28). The maximum atomic E-state index is 13.3. The molecule has 0 bridgehead atoms. The molecule has 5 nitrogen and oxygen atoms in total. The molecule has 1 aliphatic rings. The number of fused-ring (bicyclic) bond motifs is 1. The summed E-state index contributed by atoms with van der Waals surface area (Å²) in [6, 6.07) is 20.1. The normalized spacial score (nSPS) is 14.6. The van der Waals surface area contributed by atoms with Gasteiger partial charge in [0.15, 0.2) is 5.60 Å². The lowest BCUT2D eigenvalue weighted by Crippen LogP contribution is -2.52. The first-order valence-electron chi connectivity index (χ1n) is 9.59. The van der Waals surface area contributed by atoms with Gasteiger partial charge in [0.2, 0.25) is 0 Å². The molecular formula is C24H21FN2O3. The molecule has 3 aromatic carbocycles. The van der Waals surface area contributed by atoms with Crippen LogP contribution >= 0.6 is 0 Å². The van der Waals surface area contributed by atoms with Crippen LogP contribution in [0.25, 0.3) is 0 Å². The molecule has 0 radical (unpaired) electrons. The summed E-state index contributed by atoms with van der Waals surface area (Å²) in [5.74, 6) is -0.353. The number of hydrogen-bond donors (Lipinski definition) is 1. The molecule has 3 aromatic rings. The van der Waals surface area contributed by atoms with Crippen molar-refractivity contribution in [2.24, 2.45) is 0 Å². The van der Waals surface area contributed by atoms with Gasteiger partial charge in [-0.2, -0.15) is 0 Å². The Kier molecular flexibility index (Phi) is 4.99. The SMILES string of the molecule is CC1(C)Oc2ccc(C(=O)Nc3ccccc3)cc2N(Cc2ccc(F)cc2)C1=O. The number of carbonyl (C=O) groups is 2. The van der Waals surface area contributed by atoms with E-state index in [4.69, 9.17) is 4.74 Å². The Morgan fingerprint density at radius 1 is 1.03 bits per heavy atom. The summed E-state index contributed by atoms with van der Waals surface area (Å²) < 4.78 is 19.2. The van der Waals surface area contributed by atoms with Gasteiger partial charge in [0.05, 0.1) is 12.2 Å². The van der Waals surface area contributed by atoms with Gasteiger partial charge >= 0.3 is 0 Å². The van der Waals surface area contributed by atoms with E-state index in [-0.39, 0.29) is 24.2 Å². The minimum Gasteiger partial charge on any atom is -0.476 e. The van der Waals surface area contributed by atoms with Crippen LogP contribution in [0.2, 0.25) is 0 Å². The number of nitrogens with one attached hydrogen (secondary N) is 1. The highest BCUT2D eigenvalue weighted by atomic mass is 19.1. The van der Waals surface area contributed by atoms with Gasteiger partial charge in [-0.05, 0) is 61.9 Å². The number of ether oxygens (including phenoxy) is 1. The van der Waals surface area contributed by atoms with E-state index >= 15 is 0 Å². The number of halogens is 1. The van der Waals surface area contributed by atoms with Gasteiger partial charge in [-0.1, -0.05) is 30.3 Å². The fraction of sp³-hybridized carbons (Fsp3) is 0.167. The third-order valence-electron chi connectivity index (χ3n) is 4.92. The van der Waals surface area contributed by atoms with Gasteiger partial charge in [0.25, 0.3) is 11.8 Å². The van der Waals surface area contributed by atoms with E-state index in [2.05, 4.69) is 5.32 Å². The fourth-order valence-electron chi connectivity index (χ4n) is 3.36. The van der Waals surface area contributed by atoms with Crippen LogP contribution in [-0.4, -0.2) is 17.4 Å². The second-order valence-electron chi connectivity index (χ2n) is 7.63. The summed E-state index contributed by atoms with van der Waals surface area (Å²) in [5.41, 5.74) is 1.30. The molecule has 152 valence electrons. The predicted octanol–water partition coefficient (Wildman–Crippen LogP) is 4.78. The molecular weight excluding hydrogens is 383 g/mol. The second kappa shape index (κ2) is 7.63. The van der Waals surface area contributed by atoms with Crippen LogP contribution in [0, 0.1) is 5.82 Å². The molecule has 0 spiro atoms. The largest absolute Gasteiger partial charge is 0.476 e. The van der Waals surface area contributed by atoms with Gasteiger partial charge in [0.1, 0.15) is 11.6 Å². The molecule has 0 saturated carbocycles. The zero-order valence-electron chi connectivity index (χ0n) is 16.7. The van der Waals surface area contributed by atoms with E-state index in [1.54, 1.807) is 61.2 Å². The fourth-order valence-corrected chi connectivity index (χ4v) is 3.36. The number of amides is 2. The molecule has 1 aliphatic heterocycles. The zero-order chi connectivity index (χ0) is 21.3. The summed E-state index contributed by atoms with van der Waals surface area (Å²) in [6.45, 7) is 3.64. The molecule has 0 fully saturated rings. The number of para-hydroxylation sites is 1. The highest BCUT2D eigenvalue weighted by molar-refractivity contribution is 6.07. The first-order chi connectivity index (χ1) is 14.3. The molecule has 30 heavy (non-hydrogen) atoms. The van der Waals surface area contributed by atoms with Crippen LogP contribution in [0.1, 0.15) is 29.8 Å². The molecule has 6 heteroatoms. The molecule has 0 aromatic heterocycles. The lowest BCUT2D eigenvalue weighted by Gasteiger charge is -2.39. The van der Waals surface area contributed by atoms with Crippen molar-refractivity contribution in [2.45, 2.75) is 26.0 Å². The number of benzene rings is 3. The molecule has 2 amide bonds. The molecule has 0 saturated heterocycles. The minimum atomic E-state index is -1.05. The van der Waals surface area contributed by atoms with Gasteiger partial charge in [0, 0.05) is 11.3 Å². The van der Waals surface area contributed by atoms with Crippen molar-refractivity contribution in [1.29, 1.82) is 0 Å². The second-order valence-corrected chi connectivity index (χ2v) is 7.63. The number of hydrogen-bond acceptors (Lipinski definition) is 3. The van der Waals surface area contributed by atoms with Crippen molar-refractivity contribution in [3.8, 4) is 5.75 Å². The lowest BCUT2D eigenvalue weighted by molar-refractivity contribution is -0.132. The van der Waals surface area contributed by atoms with Crippen molar-refractivity contribution in [2.75, 3.05) is 10.2 Å². The maximum absolute atomic E-state index is 13.3. The average Bonchev–Trinajstić information content (AvgIpc) is 2.73. The Morgan fingerprint density at radius 3 is 2.43 bits per heavy atom. The van der Waals surface area contributed by atoms with Crippen LogP contribution < -0.4 is 15.0 Å². The number of rotatable bonds is 4. The van der Waals surface area contributed by atoms with Crippen molar-refractivity contribution >= 4 is 23.2 Å². The quantitative estimate of drug-likeness (QED) is 0.681. The summed E-state index contributed by atoms with van der Waals surface area (Å²) in [6.07, 6.45) is 0. The number of nitrogens with zero attached hydrogens (tertiary/aromatic N) is 1. The van der Waals surface area contributed by atoms with Gasteiger partial charge in [-0.15, -0.1) is 0 Å². The highest BCUT2D eigenvalue weighted by Crippen LogP contribution is 2.39. The Labute approximate surface area is 174 Å². The third kappa shape index (κ3) is 3.89. The molecule has 0 aliphatic carbocycles. The van der Waals surface area contributed by atoms with Crippen molar-refractivity contribution < 1.29 is 18.7 Å². The van der Waals surface area contributed by atoms with Crippen LogP contribution in [0.5, 0.6) is 5.75 Å². The van der Waals surface area contributed by atoms with E-state index < -0.39 is 5.60 Å². The predicted molar refractivity (Wildman–Crippen MR) is 113 cm³/mol. The number of anilines is 2. The van der Waals surface area contributed by atoms with Gasteiger partial charge < -0.3 is 15.0 Å². The average molecular weight is 404 g/mol. The van der Waals surface area contributed by atoms with E-state index in [1.807, 2.05) is 18.2 Å². The summed E-state index contributed by atoms with van der Waals surface area (Å²) in [7, 11) is 0. The Bertz CT molecular complexity index is 1100. The zero-order valence-corrected chi connectivity index (χ0v) is 16.7. The molecule has 4 rings (SSSR count). The monoisotopic (exact) mass is 404 g/mol. The summed E-state index contributed by atoms with van der Waals surface area (Å²) in [4.78, 5) is 27.4. The molecule has 0 atom stereocenters. The van der Waals surface area contributed by atoms with E-state index in [0.717, 1.165) is 5.56 Å². The van der Waals surface area contributed by atoms with Crippen molar-refractivity contribution in [1.82, 2.24) is 0 Å². The number of carbonyl (C=O) groups excluding carboxylic acids is 2. The molecule has 1 heterocycles. The van der Waals surface area contributed by atoms with Gasteiger partial charge in [-0.25, -0.2) is 4.39 Å². The Balaban J connectivity index is 1.68. The van der Waals surface area contributed by atoms with Crippen molar-refractivity contribution in [3.63, 3.8) is 0 Å². The molecule has 1 N–H and O–H groups in total. The smallest absolute Gasteiger partial charge is 0.271 e. The topological polar surface area (TPSA) is 58.6 Å². The lowest BCUT2D eigenvalue weighted by atomic mass is 10.0. The van der Waals surface area contributed by atoms with Crippen LogP contribution in [0.4, 0.5) is 15.8 Å². The Morgan fingerprint density at radius 2 is 1.73 bits per heavy atom. The summed E-state index contributed by atoms with van der Waals surface area (Å²) >= 11 is 0. The summed E-state index contributed by atoms with van der Waals surface area (Å²) in [5, 5.41) is 2.84. The van der Waals surface area contributed by atoms with E-state index in [1.165, 1.54) is 12.1 Å². The highest BCUT2D eigenvalue weighted by Gasteiger charge is 2.41. The maximum Gasteiger partial charge on any atom is 0.271 e. The van der Waals surface area contributed by atoms with Crippen molar-refractivity contribution in [3.05, 3.63) is 89.7 Å². The first-order valence-corrected chi connectivity index (χ1v) is 9.59. The van der Waals surface area contributed by atoms with Gasteiger partial charge in [-0.3, -0.25) is 9.59 Å². The van der Waals surface area contributed by atoms with Crippen LogP contribution in [0.15, 0.2) is 72.8 Å². The molecule has 0 unspecified atom stereocenters. The minimum absolute atomic E-state index is 0.236. The first kappa shape index (κ1) is 19.6. The van der Waals surface area contributed by atoms with Crippen LogP contribution in [-0.2, 0) is 11.3 Å².